The highest BCUT2D eigenvalue weighted by Gasteiger charge is 2.42. The monoisotopic (exact) mass is 1320 g/mol. The molecule has 484 valence electrons. The lowest BCUT2D eigenvalue weighted by molar-refractivity contribution is -0.137. The molecule has 1 saturated carbocycles. The summed E-state index contributed by atoms with van der Waals surface area (Å²) >= 11 is 6.22. The van der Waals surface area contributed by atoms with Crippen molar-refractivity contribution in [3.05, 3.63) is 137 Å². The second-order valence-electron chi connectivity index (χ2n) is 24.5. The van der Waals surface area contributed by atoms with Gasteiger partial charge in [0, 0.05) is 168 Å². The van der Waals surface area contributed by atoms with Crippen LogP contribution in [0.15, 0.2) is 114 Å². The number of aromatic nitrogens is 5. The van der Waals surface area contributed by atoms with Crippen molar-refractivity contribution < 1.29 is 47.6 Å². The van der Waals surface area contributed by atoms with E-state index in [2.05, 4.69) is 83.4 Å². The Morgan fingerprint density at radius 1 is 0.633 bits per heavy atom. The largest absolute Gasteiger partial charge is 0.445 e. The Balaban J connectivity index is 0.000000132. The molecule has 13 rings (SSSR count). The molecule has 1 unspecified atom stereocenters. The number of oxazole rings is 1. The maximum absolute atomic E-state index is 13.2. The summed E-state index contributed by atoms with van der Waals surface area (Å²) < 4.78 is 120. The molecule has 90 heavy (non-hydrogen) atoms. The molecule has 5 aromatic heterocycles. The number of anilines is 2. The summed E-state index contributed by atoms with van der Waals surface area (Å²) in [4.78, 5) is 32.4. The molecule has 26 heteroatoms. The van der Waals surface area contributed by atoms with Gasteiger partial charge >= 0.3 is 6.18 Å². The van der Waals surface area contributed by atoms with Crippen molar-refractivity contribution in [1.82, 2.24) is 43.2 Å². The number of carbonyl (C=O) groups excluding carboxylic acids is 1. The predicted octanol–water partition coefficient (Wildman–Crippen LogP) is 11.8. The lowest BCUT2D eigenvalue weighted by Gasteiger charge is -2.44. The molecule has 3 saturated heterocycles. The molecule has 8 heterocycles. The van der Waals surface area contributed by atoms with E-state index in [0.29, 0.717) is 87.6 Å². The fourth-order valence-corrected chi connectivity index (χ4v) is 16.7. The van der Waals surface area contributed by atoms with Crippen LogP contribution < -0.4 is 15.1 Å². The number of rotatable bonds is 10. The van der Waals surface area contributed by atoms with Gasteiger partial charge in [0.05, 0.1) is 30.5 Å². The van der Waals surface area contributed by atoms with Crippen LogP contribution in [0.2, 0.25) is 5.02 Å². The maximum Gasteiger partial charge on any atom is 0.416 e. The first-order valence-corrected chi connectivity index (χ1v) is 36.2. The van der Waals surface area contributed by atoms with Gasteiger partial charge in [-0.1, -0.05) is 18.5 Å². The summed E-state index contributed by atoms with van der Waals surface area (Å²) in [5, 5.41) is 8.18. The number of amides is 1. The summed E-state index contributed by atoms with van der Waals surface area (Å²) in [7, 11) is -9.56. The number of sulfonamides is 3. The average Bonchev–Trinajstić information content (AvgIpc) is 1.77. The van der Waals surface area contributed by atoms with Crippen molar-refractivity contribution in [3.8, 4) is 11.5 Å². The van der Waals surface area contributed by atoms with Crippen molar-refractivity contribution in [3.63, 3.8) is 0 Å². The maximum atomic E-state index is 13.2. The number of hydrogen-bond acceptors (Lipinski definition) is 11. The molecular formula is C64H79ClF3N11O8S3. The van der Waals surface area contributed by atoms with Gasteiger partial charge in [-0.15, -0.1) is 0 Å². The lowest BCUT2D eigenvalue weighted by atomic mass is 9.79. The standard InChI is InChI=1S/C17H21F3N2O2S.C16H19ClN2O.C16H18N4O3S.C15H21N3O2S/c1-16(2)10-11(5-7-22(16)25(3,23)24)14-8-12(17(18,19)20)9-15-13(14)4-6-21-15;1-10(20)19-13-4-2-11(3-5-13)15-8-12(17)9-16-14(15)6-7-18-16;1-24(21,22)20-7-5-19(6-8-20)15-11-12(16-18-4-9-23-16)10-14-13(15)2-3-17-14;1-3-12-10-14-13(4-5-16-14)15(11-12)17-6-8-18(9-7-17)21(2,19)20/h4,6,8-9,11,21H,5,7,10H2,1-3H3;6-9,11,13,18H,2-5H2,1H3,(H,19,20);2-4,9-11,17H,5-8H2,1H3;4-5,10-11,16H,3,6-9H2,1-2H3. The zero-order valence-corrected chi connectivity index (χ0v) is 54.8. The third-order valence-corrected chi connectivity index (χ3v) is 22.1. The minimum Gasteiger partial charge on any atom is -0.445 e. The second-order valence-corrected chi connectivity index (χ2v) is 30.8. The van der Waals surface area contributed by atoms with E-state index in [-0.39, 0.29) is 11.8 Å². The molecule has 1 atom stereocenters. The van der Waals surface area contributed by atoms with E-state index in [1.54, 1.807) is 36.0 Å². The van der Waals surface area contributed by atoms with Gasteiger partial charge in [-0.2, -0.15) is 26.1 Å². The number of fused-ring (bicyclic) bond motifs is 4. The van der Waals surface area contributed by atoms with Crippen LogP contribution >= 0.6 is 11.6 Å². The van der Waals surface area contributed by atoms with Crippen LogP contribution in [0.3, 0.4) is 0 Å². The van der Waals surface area contributed by atoms with E-state index in [4.69, 9.17) is 16.0 Å². The molecule has 1 aliphatic carbocycles. The first kappa shape index (κ1) is 66.1. The fraction of sp³-hybridized carbons (Fsp3) is 0.438. The van der Waals surface area contributed by atoms with Crippen LogP contribution in [-0.4, -0.2) is 158 Å². The zero-order chi connectivity index (χ0) is 64.5. The third kappa shape index (κ3) is 15.4. The van der Waals surface area contributed by atoms with Gasteiger partial charge in [0.25, 0.3) is 0 Å². The molecular weight excluding hydrogens is 1240 g/mol. The number of alkyl halides is 3. The van der Waals surface area contributed by atoms with Crippen LogP contribution in [0.5, 0.6) is 0 Å². The topological polar surface area (TPSA) is 237 Å². The third-order valence-electron chi connectivity index (χ3n) is 17.7. The smallest absolute Gasteiger partial charge is 0.416 e. The number of nitrogens with zero attached hydrogens (tertiary/aromatic N) is 6. The van der Waals surface area contributed by atoms with Gasteiger partial charge in [-0.25, -0.2) is 30.2 Å². The van der Waals surface area contributed by atoms with Crippen LogP contribution in [0.4, 0.5) is 24.5 Å². The number of aromatic amines is 4. The number of nitrogens with one attached hydrogen (secondary N) is 5. The summed E-state index contributed by atoms with van der Waals surface area (Å²) in [6.07, 6.45) is 16.2. The summed E-state index contributed by atoms with van der Waals surface area (Å²) in [6.45, 7) is 12.6. The van der Waals surface area contributed by atoms with E-state index in [9.17, 15) is 43.2 Å². The van der Waals surface area contributed by atoms with Gasteiger partial charge in [0.1, 0.15) is 6.26 Å². The molecule has 5 N–H and O–H groups in total. The molecule has 4 aliphatic rings. The fourth-order valence-electron chi connectivity index (χ4n) is 13.4. The van der Waals surface area contributed by atoms with Crippen molar-refractivity contribution in [2.75, 3.05) is 87.5 Å². The quantitative estimate of drug-likeness (QED) is 0.0863. The van der Waals surface area contributed by atoms with Gasteiger partial charge in [-0.05, 0) is 160 Å². The normalized spacial score (nSPS) is 19.9. The number of piperidine rings is 1. The van der Waals surface area contributed by atoms with Gasteiger partial charge in [-0.3, -0.25) is 4.79 Å². The first-order chi connectivity index (χ1) is 42.5. The lowest BCUT2D eigenvalue weighted by Crippen LogP contribution is -2.51. The predicted molar refractivity (Wildman–Crippen MR) is 352 cm³/mol. The number of piperazine rings is 2. The second kappa shape index (κ2) is 26.8. The van der Waals surface area contributed by atoms with E-state index >= 15 is 0 Å². The molecule has 9 aromatic rings. The molecule has 1 amide bonds. The number of halogens is 4. The van der Waals surface area contributed by atoms with Crippen molar-refractivity contribution in [2.45, 2.75) is 102 Å². The van der Waals surface area contributed by atoms with E-state index in [1.165, 1.54) is 61.0 Å². The molecule has 0 spiro atoms. The summed E-state index contributed by atoms with van der Waals surface area (Å²) in [5.41, 5.74) is 8.83. The highest BCUT2D eigenvalue weighted by Crippen LogP contribution is 2.44. The molecule has 4 fully saturated rings. The minimum absolute atomic E-state index is 0.0734. The van der Waals surface area contributed by atoms with Crippen LogP contribution in [0, 0.1) is 0 Å². The van der Waals surface area contributed by atoms with E-state index < -0.39 is 47.3 Å². The number of aryl methyl sites for hydroxylation is 1. The van der Waals surface area contributed by atoms with Gasteiger partial charge in [0.2, 0.25) is 41.9 Å². The summed E-state index contributed by atoms with van der Waals surface area (Å²) in [6, 6.07) is 23.3. The Bertz CT molecular complexity index is 4330. The highest BCUT2D eigenvalue weighted by atomic mass is 35.5. The number of H-pyrrole nitrogens is 4. The van der Waals surface area contributed by atoms with Crippen molar-refractivity contribution >= 4 is 103 Å². The minimum atomic E-state index is -4.42. The summed E-state index contributed by atoms with van der Waals surface area (Å²) in [5.74, 6) is 1.05. The average molecular weight is 1320 g/mol. The molecule has 4 aromatic carbocycles. The van der Waals surface area contributed by atoms with Gasteiger partial charge in [0.15, 0.2) is 0 Å². The Labute approximate surface area is 528 Å². The van der Waals surface area contributed by atoms with E-state index in [0.717, 1.165) is 94.9 Å². The Morgan fingerprint density at radius 2 is 1.13 bits per heavy atom. The molecule has 0 radical (unpaired) electrons. The Morgan fingerprint density at radius 3 is 1.61 bits per heavy atom. The van der Waals surface area contributed by atoms with Crippen LogP contribution in [-0.2, 0) is 47.5 Å². The molecule has 19 nitrogen and oxygen atoms in total. The molecule has 3 aliphatic heterocycles. The van der Waals surface area contributed by atoms with Gasteiger partial charge < -0.3 is 39.5 Å². The van der Waals surface area contributed by atoms with Crippen LogP contribution in [0.1, 0.15) is 100 Å². The number of carbonyl (C=O) groups is 1. The SMILES string of the molecule is CC(=O)NC1CCC(c2cc(Cl)cc3[nH]ccc23)CC1.CC1(C)CC(c2cc(C(F)(F)F)cc3[nH]ccc23)CCN1S(C)(=O)=O.CCc1cc(N2CCN(S(C)(=O)=O)CC2)c2cc[nH]c2c1.CS(=O)(=O)N1CCN(c2cc(-c3ncco3)cc3[nH]ccc23)CC1. The Kier molecular flexibility index (Phi) is 19.6. The Hall–Kier alpha value is -6.87. The van der Waals surface area contributed by atoms with E-state index in [1.807, 2.05) is 50.6 Å². The van der Waals surface area contributed by atoms with Crippen molar-refractivity contribution in [2.24, 2.45) is 0 Å². The first-order valence-electron chi connectivity index (χ1n) is 30.2. The van der Waals surface area contributed by atoms with Crippen LogP contribution in [0.25, 0.3) is 55.1 Å². The number of benzene rings is 4. The highest BCUT2D eigenvalue weighted by molar-refractivity contribution is 7.88. The zero-order valence-electron chi connectivity index (χ0n) is 51.6. The molecule has 0 bridgehead atoms. The number of hydrogen-bond donors (Lipinski definition) is 5. The van der Waals surface area contributed by atoms with Crippen molar-refractivity contribution in [1.29, 1.82) is 0 Å².